The molecule has 3 N–H and O–H groups in total. The average Bonchev–Trinajstić information content (AvgIpc) is 2.76. The first kappa shape index (κ1) is 14.3. The van der Waals surface area contributed by atoms with Crippen LogP contribution in [0.15, 0.2) is 18.2 Å². The summed E-state index contributed by atoms with van der Waals surface area (Å²) in [5.41, 5.74) is 2.29. The van der Waals surface area contributed by atoms with Crippen LogP contribution in [-0.2, 0) is 6.42 Å². The second-order valence-corrected chi connectivity index (χ2v) is 5.47. The molecule has 5 nitrogen and oxygen atoms in total. The van der Waals surface area contributed by atoms with Crippen molar-refractivity contribution in [3.05, 3.63) is 34.3 Å². The van der Waals surface area contributed by atoms with Crippen molar-refractivity contribution in [1.82, 2.24) is 4.98 Å². The van der Waals surface area contributed by atoms with E-state index >= 15 is 0 Å². The summed E-state index contributed by atoms with van der Waals surface area (Å²) in [5.74, 6) is -0.744. The van der Waals surface area contributed by atoms with Crippen LogP contribution in [0.25, 0.3) is 0 Å². The Morgan fingerprint density at radius 3 is 2.80 bits per heavy atom. The molecule has 0 unspecified atom stereocenters. The molecule has 0 aliphatic heterocycles. The van der Waals surface area contributed by atoms with Gasteiger partial charge in [0.15, 0.2) is 5.13 Å². The minimum Gasteiger partial charge on any atom is -0.508 e. The van der Waals surface area contributed by atoms with Gasteiger partial charge in [-0.15, -0.1) is 0 Å². The minimum absolute atomic E-state index is 0.199. The number of carboxylic acids is 1. The number of thiazole rings is 1. The molecule has 1 aromatic heterocycles. The molecule has 0 amide bonds. The molecular weight excluding hydrogens is 276 g/mol. The number of rotatable bonds is 5. The summed E-state index contributed by atoms with van der Waals surface area (Å²) in [5, 5.41) is 22.2. The number of phenols is 1. The molecule has 1 heterocycles. The van der Waals surface area contributed by atoms with Crippen LogP contribution in [0, 0.1) is 6.92 Å². The first-order valence-corrected chi connectivity index (χ1v) is 7.12. The van der Waals surface area contributed by atoms with Crippen LogP contribution in [-0.4, -0.2) is 21.2 Å². The maximum Gasteiger partial charge on any atom is 0.347 e. The van der Waals surface area contributed by atoms with Crippen molar-refractivity contribution in [1.29, 1.82) is 0 Å². The summed E-state index contributed by atoms with van der Waals surface area (Å²) in [6.07, 6.45) is 1.50. The van der Waals surface area contributed by atoms with Crippen LogP contribution >= 0.6 is 11.3 Å². The van der Waals surface area contributed by atoms with Crippen LogP contribution in [0.3, 0.4) is 0 Å². The molecule has 1 aromatic carbocycles. The smallest absolute Gasteiger partial charge is 0.347 e. The second-order valence-electron chi connectivity index (χ2n) is 4.47. The molecule has 2 aromatic rings. The predicted octanol–water partition coefficient (Wildman–Crippen LogP) is 3.55. The van der Waals surface area contributed by atoms with Crippen LogP contribution in [0.1, 0.15) is 34.3 Å². The van der Waals surface area contributed by atoms with E-state index in [1.54, 1.807) is 18.2 Å². The van der Waals surface area contributed by atoms with E-state index in [0.717, 1.165) is 29.0 Å². The van der Waals surface area contributed by atoms with Crippen molar-refractivity contribution in [2.24, 2.45) is 0 Å². The zero-order chi connectivity index (χ0) is 14.7. The number of aromatic nitrogens is 1. The van der Waals surface area contributed by atoms with Crippen molar-refractivity contribution >= 4 is 28.1 Å². The first-order chi connectivity index (χ1) is 9.51. The Morgan fingerprint density at radius 1 is 1.45 bits per heavy atom. The lowest BCUT2D eigenvalue weighted by molar-refractivity contribution is 0.0700. The number of carbonyl (C=O) groups is 1. The number of hydrogen-bond acceptors (Lipinski definition) is 5. The van der Waals surface area contributed by atoms with Gasteiger partial charge in [-0.05, 0) is 37.1 Å². The van der Waals surface area contributed by atoms with Gasteiger partial charge in [0.25, 0.3) is 0 Å². The van der Waals surface area contributed by atoms with Gasteiger partial charge in [0, 0.05) is 5.69 Å². The van der Waals surface area contributed by atoms with Gasteiger partial charge in [0.2, 0.25) is 0 Å². The van der Waals surface area contributed by atoms with Gasteiger partial charge in [0.1, 0.15) is 10.6 Å². The summed E-state index contributed by atoms with van der Waals surface area (Å²) in [6, 6.07) is 4.96. The maximum atomic E-state index is 11.2. The Bertz CT molecular complexity index is 637. The van der Waals surface area contributed by atoms with E-state index in [-0.39, 0.29) is 10.6 Å². The Morgan fingerprint density at radius 2 is 2.20 bits per heavy atom. The lowest BCUT2D eigenvalue weighted by atomic mass is 10.2. The Kier molecular flexibility index (Phi) is 4.24. The number of carboxylic acid groups (broad SMARTS) is 1. The highest BCUT2D eigenvalue weighted by molar-refractivity contribution is 7.17. The van der Waals surface area contributed by atoms with Crippen LogP contribution < -0.4 is 5.32 Å². The Balaban J connectivity index is 2.29. The molecule has 0 atom stereocenters. The molecule has 0 fully saturated rings. The zero-order valence-electron chi connectivity index (χ0n) is 11.3. The highest BCUT2D eigenvalue weighted by atomic mass is 32.1. The predicted molar refractivity (Wildman–Crippen MR) is 79.2 cm³/mol. The normalized spacial score (nSPS) is 10.5. The molecule has 0 radical (unpaired) electrons. The summed E-state index contributed by atoms with van der Waals surface area (Å²) < 4.78 is 0. The van der Waals surface area contributed by atoms with Gasteiger partial charge in [-0.2, -0.15) is 0 Å². The lowest BCUT2D eigenvalue weighted by Gasteiger charge is -2.06. The topological polar surface area (TPSA) is 82.5 Å². The van der Waals surface area contributed by atoms with Gasteiger partial charge in [-0.3, -0.25) is 0 Å². The fourth-order valence-corrected chi connectivity index (χ4v) is 2.74. The SMILES string of the molecule is CCCc1nc(Nc2ccc(O)cc2C)sc1C(=O)O. The average molecular weight is 292 g/mol. The Labute approximate surface area is 120 Å². The number of aromatic hydroxyl groups is 1. The third-order valence-electron chi connectivity index (χ3n) is 2.83. The molecule has 106 valence electrons. The number of aromatic carboxylic acids is 1. The largest absolute Gasteiger partial charge is 0.508 e. The molecule has 2 rings (SSSR count). The third-order valence-corrected chi connectivity index (χ3v) is 3.83. The molecule has 0 bridgehead atoms. The summed E-state index contributed by atoms with van der Waals surface area (Å²) in [4.78, 5) is 15.8. The second kappa shape index (κ2) is 5.92. The van der Waals surface area contributed by atoms with Gasteiger partial charge >= 0.3 is 5.97 Å². The Hall–Kier alpha value is -2.08. The van der Waals surface area contributed by atoms with Crippen LogP contribution in [0.2, 0.25) is 0 Å². The number of anilines is 2. The standard InChI is InChI=1S/C14H16N2O3S/c1-3-4-11-12(13(18)19)20-14(16-11)15-10-6-5-9(17)7-8(10)2/h5-7,17H,3-4H2,1-2H3,(H,15,16)(H,18,19). The molecular formula is C14H16N2O3S. The lowest BCUT2D eigenvalue weighted by Crippen LogP contribution is -1.98. The highest BCUT2D eigenvalue weighted by Gasteiger charge is 2.17. The fraction of sp³-hybridized carbons (Fsp3) is 0.286. The van der Waals surface area contributed by atoms with Gasteiger partial charge in [-0.25, -0.2) is 9.78 Å². The molecule has 20 heavy (non-hydrogen) atoms. The van der Waals surface area contributed by atoms with E-state index in [9.17, 15) is 15.0 Å². The van der Waals surface area contributed by atoms with Gasteiger partial charge in [-0.1, -0.05) is 24.7 Å². The monoisotopic (exact) mass is 292 g/mol. The number of hydrogen-bond donors (Lipinski definition) is 3. The zero-order valence-corrected chi connectivity index (χ0v) is 12.1. The van der Waals surface area contributed by atoms with E-state index in [1.165, 1.54) is 0 Å². The quantitative estimate of drug-likeness (QED) is 0.734. The number of nitrogens with zero attached hydrogens (tertiary/aromatic N) is 1. The van der Waals surface area contributed by atoms with E-state index in [1.807, 2.05) is 13.8 Å². The van der Waals surface area contributed by atoms with Crippen molar-refractivity contribution in [3.63, 3.8) is 0 Å². The fourth-order valence-electron chi connectivity index (χ4n) is 1.88. The van der Waals surface area contributed by atoms with Crippen LogP contribution in [0.5, 0.6) is 5.75 Å². The highest BCUT2D eigenvalue weighted by Crippen LogP contribution is 2.29. The number of phenolic OH excluding ortho intramolecular Hbond substituents is 1. The first-order valence-electron chi connectivity index (χ1n) is 6.31. The molecule has 0 aliphatic rings. The van der Waals surface area contributed by atoms with E-state index in [4.69, 9.17) is 0 Å². The van der Waals surface area contributed by atoms with E-state index < -0.39 is 5.97 Å². The van der Waals surface area contributed by atoms with Crippen molar-refractivity contribution < 1.29 is 15.0 Å². The maximum absolute atomic E-state index is 11.2. The van der Waals surface area contributed by atoms with Crippen molar-refractivity contribution in [3.8, 4) is 5.75 Å². The number of aryl methyl sites for hydroxylation is 2. The summed E-state index contributed by atoms with van der Waals surface area (Å²) in [7, 11) is 0. The minimum atomic E-state index is -0.943. The third kappa shape index (κ3) is 3.08. The van der Waals surface area contributed by atoms with Crippen LogP contribution in [0.4, 0.5) is 10.8 Å². The van der Waals surface area contributed by atoms with Gasteiger partial charge < -0.3 is 15.5 Å². The molecule has 0 saturated heterocycles. The van der Waals surface area contributed by atoms with Gasteiger partial charge in [0.05, 0.1) is 5.69 Å². The number of benzene rings is 1. The van der Waals surface area contributed by atoms with E-state index in [2.05, 4.69) is 10.3 Å². The molecule has 0 spiro atoms. The van der Waals surface area contributed by atoms with E-state index in [0.29, 0.717) is 17.2 Å². The number of nitrogens with one attached hydrogen (secondary N) is 1. The molecule has 6 heteroatoms. The molecule has 0 aliphatic carbocycles. The summed E-state index contributed by atoms with van der Waals surface area (Å²) >= 11 is 1.13. The molecule has 0 saturated carbocycles. The van der Waals surface area contributed by atoms with Crippen molar-refractivity contribution in [2.45, 2.75) is 26.7 Å². The summed E-state index contributed by atoms with van der Waals surface area (Å²) in [6.45, 7) is 3.85. The van der Waals surface area contributed by atoms with Crippen molar-refractivity contribution in [2.75, 3.05) is 5.32 Å².